The smallest absolute Gasteiger partial charge is 0.245 e. The third-order valence-corrected chi connectivity index (χ3v) is 4.80. The fourth-order valence-electron chi connectivity index (χ4n) is 3.50. The van der Waals surface area contributed by atoms with Gasteiger partial charge in [-0.15, -0.1) is 0 Å². The van der Waals surface area contributed by atoms with Crippen LogP contribution in [-0.4, -0.2) is 23.4 Å². The summed E-state index contributed by atoms with van der Waals surface area (Å²) < 4.78 is 0. The second-order valence-corrected chi connectivity index (χ2v) is 8.86. The molecule has 0 bridgehead atoms. The zero-order chi connectivity index (χ0) is 18.6. The van der Waals surface area contributed by atoms with E-state index in [1.807, 2.05) is 0 Å². The predicted octanol–water partition coefficient (Wildman–Crippen LogP) is 5.10. The first-order chi connectivity index (χ1) is 11.8. The molecule has 0 aliphatic carbocycles. The van der Waals surface area contributed by atoms with Gasteiger partial charge in [-0.25, -0.2) is 0 Å². The normalized spacial score (nSPS) is 17.9. The number of amides is 1. The maximum absolute atomic E-state index is 13.1. The molecule has 1 aromatic rings. The van der Waals surface area contributed by atoms with E-state index in [9.17, 15) is 4.79 Å². The van der Waals surface area contributed by atoms with Gasteiger partial charge in [0.05, 0.1) is 0 Å². The number of fused-ring (bicyclic) bond motifs is 1. The Bertz CT molecular complexity index is 577. The van der Waals surface area contributed by atoms with Crippen LogP contribution < -0.4 is 5.32 Å². The molecule has 0 aromatic heterocycles. The maximum Gasteiger partial charge on any atom is 0.245 e. The lowest BCUT2D eigenvalue weighted by atomic mass is 9.99. The van der Waals surface area contributed by atoms with Gasteiger partial charge in [0.25, 0.3) is 0 Å². The van der Waals surface area contributed by atoms with Crippen molar-refractivity contribution in [2.24, 2.45) is 17.8 Å². The number of hydrogen-bond donors (Lipinski definition) is 1. The number of carbonyl (C=O) groups excluding carboxylic acids is 1. The summed E-state index contributed by atoms with van der Waals surface area (Å²) >= 11 is 0. The molecule has 1 atom stereocenters. The molecule has 1 aliphatic rings. The van der Waals surface area contributed by atoms with Crippen LogP contribution in [0.5, 0.6) is 0 Å². The lowest BCUT2D eigenvalue weighted by Crippen LogP contribution is -2.41. The Morgan fingerprint density at radius 1 is 1.08 bits per heavy atom. The van der Waals surface area contributed by atoms with E-state index in [1.165, 1.54) is 11.1 Å². The zero-order valence-corrected chi connectivity index (χ0v) is 16.9. The summed E-state index contributed by atoms with van der Waals surface area (Å²) in [4.78, 5) is 15.2. The Labute approximate surface area is 154 Å². The van der Waals surface area contributed by atoms with Crippen LogP contribution in [0.2, 0.25) is 0 Å². The van der Waals surface area contributed by atoms with E-state index in [4.69, 9.17) is 0 Å². The van der Waals surface area contributed by atoms with E-state index in [0.717, 1.165) is 38.0 Å². The second-order valence-electron chi connectivity index (χ2n) is 8.86. The molecule has 25 heavy (non-hydrogen) atoms. The van der Waals surface area contributed by atoms with E-state index in [-0.39, 0.29) is 11.9 Å². The molecule has 3 heteroatoms. The van der Waals surface area contributed by atoms with Crippen LogP contribution in [0.25, 0.3) is 0 Å². The molecular weight excluding hydrogens is 308 g/mol. The summed E-state index contributed by atoms with van der Waals surface area (Å²) in [5.41, 5.74) is 3.77. The molecule has 0 saturated heterocycles. The van der Waals surface area contributed by atoms with Crippen LogP contribution in [0, 0.1) is 17.8 Å². The first-order valence-corrected chi connectivity index (χ1v) is 9.93. The van der Waals surface area contributed by atoms with Crippen molar-refractivity contribution in [1.82, 2.24) is 4.90 Å². The van der Waals surface area contributed by atoms with Crippen molar-refractivity contribution in [3.63, 3.8) is 0 Å². The summed E-state index contributed by atoms with van der Waals surface area (Å²) in [6, 6.07) is 6.59. The van der Waals surface area contributed by atoms with Gasteiger partial charge >= 0.3 is 0 Å². The summed E-state index contributed by atoms with van der Waals surface area (Å²) in [7, 11) is 0. The number of hydrogen-bond acceptors (Lipinski definition) is 2. The Balaban J connectivity index is 2.29. The van der Waals surface area contributed by atoms with Crippen molar-refractivity contribution in [1.29, 1.82) is 0 Å². The molecule has 0 unspecified atom stereocenters. The second kappa shape index (κ2) is 8.73. The van der Waals surface area contributed by atoms with E-state index < -0.39 is 0 Å². The highest BCUT2D eigenvalue weighted by atomic mass is 16.2. The minimum absolute atomic E-state index is 0.107. The van der Waals surface area contributed by atoms with Gasteiger partial charge < -0.3 is 10.2 Å². The van der Waals surface area contributed by atoms with E-state index in [0.29, 0.717) is 17.8 Å². The molecule has 1 aliphatic heterocycles. The van der Waals surface area contributed by atoms with Crippen molar-refractivity contribution in [2.75, 3.05) is 11.9 Å². The molecule has 2 rings (SSSR count). The molecule has 1 aromatic carbocycles. The third-order valence-electron chi connectivity index (χ3n) is 4.80. The average molecular weight is 345 g/mol. The number of nitrogens with one attached hydrogen (secondary N) is 1. The van der Waals surface area contributed by atoms with Gasteiger partial charge in [-0.3, -0.25) is 4.79 Å². The van der Waals surface area contributed by atoms with Crippen LogP contribution in [0.15, 0.2) is 18.2 Å². The maximum atomic E-state index is 13.1. The van der Waals surface area contributed by atoms with Gasteiger partial charge in [0, 0.05) is 18.8 Å². The lowest BCUT2D eigenvalue weighted by Gasteiger charge is -2.26. The topological polar surface area (TPSA) is 32.3 Å². The predicted molar refractivity (Wildman–Crippen MR) is 107 cm³/mol. The van der Waals surface area contributed by atoms with Gasteiger partial charge in [0.1, 0.15) is 6.04 Å². The highest BCUT2D eigenvalue weighted by Crippen LogP contribution is 2.27. The van der Waals surface area contributed by atoms with Crippen LogP contribution >= 0.6 is 0 Å². The first kappa shape index (κ1) is 19.8. The monoisotopic (exact) mass is 344 g/mol. The first-order valence-electron chi connectivity index (χ1n) is 9.93. The van der Waals surface area contributed by atoms with Crippen LogP contribution in [0.1, 0.15) is 65.5 Å². The SMILES string of the molecule is CC(C)CCN1Cc2cc(CC(C)C)ccc2N[C@@H](CC(C)C)C1=O. The minimum Gasteiger partial charge on any atom is -0.373 e. The van der Waals surface area contributed by atoms with Crippen LogP contribution in [-0.2, 0) is 17.8 Å². The molecule has 1 heterocycles. The highest BCUT2D eigenvalue weighted by Gasteiger charge is 2.29. The summed E-state index contributed by atoms with van der Waals surface area (Å²) in [6.45, 7) is 14.9. The van der Waals surface area contributed by atoms with Crippen molar-refractivity contribution >= 4 is 11.6 Å². The van der Waals surface area contributed by atoms with Crippen molar-refractivity contribution in [2.45, 2.75) is 73.4 Å². The zero-order valence-electron chi connectivity index (χ0n) is 16.9. The Morgan fingerprint density at radius 2 is 1.80 bits per heavy atom. The number of nitrogens with zero attached hydrogens (tertiary/aromatic N) is 1. The van der Waals surface area contributed by atoms with E-state index in [1.54, 1.807) is 0 Å². The molecule has 0 fully saturated rings. The Hall–Kier alpha value is -1.51. The third kappa shape index (κ3) is 5.76. The fraction of sp³-hybridized carbons (Fsp3) is 0.682. The quantitative estimate of drug-likeness (QED) is 0.746. The van der Waals surface area contributed by atoms with Gasteiger partial charge in [0.15, 0.2) is 0 Å². The lowest BCUT2D eigenvalue weighted by molar-refractivity contribution is -0.132. The van der Waals surface area contributed by atoms with E-state index >= 15 is 0 Å². The van der Waals surface area contributed by atoms with Crippen LogP contribution in [0.4, 0.5) is 5.69 Å². The number of benzene rings is 1. The van der Waals surface area contributed by atoms with Gasteiger partial charge in [-0.1, -0.05) is 53.7 Å². The molecule has 1 N–H and O–H groups in total. The summed E-state index contributed by atoms with van der Waals surface area (Å²) in [5, 5.41) is 3.55. The largest absolute Gasteiger partial charge is 0.373 e. The van der Waals surface area contributed by atoms with Gasteiger partial charge in [-0.2, -0.15) is 0 Å². The van der Waals surface area contributed by atoms with E-state index in [2.05, 4.69) is 70.0 Å². The standard InChI is InChI=1S/C22H36N2O/c1-15(2)9-10-24-14-19-13-18(11-16(3)4)7-8-20(19)23-21(22(24)25)12-17(5)6/h7-8,13,15-17,21,23H,9-12,14H2,1-6H3/t21-/m0/s1. The molecular formula is C22H36N2O. The molecule has 0 saturated carbocycles. The van der Waals surface area contributed by atoms with Gasteiger partial charge in [0.2, 0.25) is 5.91 Å². The average Bonchev–Trinajstić information content (AvgIpc) is 2.62. The fourth-order valence-corrected chi connectivity index (χ4v) is 3.50. The summed E-state index contributed by atoms with van der Waals surface area (Å²) in [6.07, 6.45) is 3.02. The number of rotatable bonds is 7. The molecule has 3 nitrogen and oxygen atoms in total. The van der Waals surface area contributed by atoms with Crippen LogP contribution in [0.3, 0.4) is 0 Å². The highest BCUT2D eigenvalue weighted by molar-refractivity contribution is 5.86. The molecule has 0 radical (unpaired) electrons. The minimum atomic E-state index is -0.107. The van der Waals surface area contributed by atoms with Crippen molar-refractivity contribution < 1.29 is 4.79 Å². The molecule has 140 valence electrons. The number of carbonyl (C=O) groups is 1. The van der Waals surface area contributed by atoms with Gasteiger partial charge in [-0.05, 0) is 54.2 Å². The number of anilines is 1. The molecule has 0 spiro atoms. The van der Waals surface area contributed by atoms with Crippen molar-refractivity contribution in [3.8, 4) is 0 Å². The van der Waals surface area contributed by atoms with Crippen molar-refractivity contribution in [3.05, 3.63) is 29.3 Å². The molecule has 1 amide bonds. The Morgan fingerprint density at radius 3 is 2.40 bits per heavy atom. The summed E-state index contributed by atoms with van der Waals surface area (Å²) in [5.74, 6) is 2.01. The Kier molecular flexibility index (Phi) is 6.92.